The lowest BCUT2D eigenvalue weighted by Crippen LogP contribution is -2.33. The molecule has 298 valence electrons. The van der Waals surface area contributed by atoms with Crippen molar-refractivity contribution in [2.24, 2.45) is 0 Å². The maximum atomic E-state index is 9.72. The molecule has 1 atom stereocenters. The average molecular weight is 780 g/mol. The van der Waals surface area contributed by atoms with Crippen molar-refractivity contribution >= 4 is 17.7 Å². The number of aryl methyl sites for hydroxylation is 2. The van der Waals surface area contributed by atoms with E-state index < -0.39 is 0 Å². The normalized spacial score (nSPS) is 12.8. The first kappa shape index (κ1) is 46.4. The van der Waals surface area contributed by atoms with Crippen molar-refractivity contribution in [3.05, 3.63) is 184 Å². The van der Waals surface area contributed by atoms with Crippen LogP contribution in [0.1, 0.15) is 78.6 Å². The Balaban J connectivity index is 0.000000579. The van der Waals surface area contributed by atoms with Gasteiger partial charge in [0.25, 0.3) is 0 Å². The molecule has 0 saturated heterocycles. The third-order valence-electron chi connectivity index (χ3n) is 10.6. The summed E-state index contributed by atoms with van der Waals surface area (Å²) in [6, 6.07) is 24.2. The van der Waals surface area contributed by atoms with Crippen LogP contribution in [-0.4, -0.2) is 24.3 Å². The van der Waals surface area contributed by atoms with Crippen LogP contribution in [0.25, 0.3) is 28.3 Å². The highest BCUT2D eigenvalue weighted by Gasteiger charge is 2.16. The molecule has 1 unspecified atom stereocenters. The maximum Gasteiger partial charge on any atom is 0.0626 e. The molecule has 4 aromatic carbocycles. The Hall–Kier alpha value is -4.95. The number of allylic oxidation sites excluding steroid dienone is 5. The lowest BCUT2D eigenvalue weighted by Gasteiger charge is -2.20. The predicted octanol–water partition coefficient (Wildman–Crippen LogP) is 12.7. The van der Waals surface area contributed by atoms with Gasteiger partial charge in [-0.2, -0.15) is 0 Å². The molecule has 4 heteroatoms. The quantitative estimate of drug-likeness (QED) is 0.0832. The van der Waals surface area contributed by atoms with Crippen molar-refractivity contribution in [2.75, 3.05) is 13.2 Å². The summed E-state index contributed by atoms with van der Waals surface area (Å²) in [7, 11) is 0. The van der Waals surface area contributed by atoms with Crippen LogP contribution in [0.4, 0.5) is 0 Å². The molecule has 3 N–H and O–H groups in total. The van der Waals surface area contributed by atoms with Crippen LogP contribution >= 0.6 is 11.6 Å². The second kappa shape index (κ2) is 24.0. The fourth-order valence-corrected chi connectivity index (χ4v) is 7.30. The third-order valence-corrected chi connectivity index (χ3v) is 10.9. The van der Waals surface area contributed by atoms with E-state index in [0.29, 0.717) is 6.54 Å². The summed E-state index contributed by atoms with van der Waals surface area (Å²) in [5, 5.41) is 17.3. The van der Waals surface area contributed by atoms with Gasteiger partial charge in [0.15, 0.2) is 0 Å². The molecule has 1 heterocycles. The summed E-state index contributed by atoms with van der Waals surface area (Å²) >= 11 is 6.82. The maximum absolute atomic E-state index is 9.72. The van der Waals surface area contributed by atoms with E-state index >= 15 is 0 Å². The molecule has 0 bridgehead atoms. The van der Waals surface area contributed by atoms with Gasteiger partial charge in [0, 0.05) is 23.7 Å². The number of halogens is 1. The number of aliphatic hydroxyl groups excluding tert-OH is 1. The number of benzene rings is 4. The van der Waals surface area contributed by atoms with Gasteiger partial charge < -0.3 is 15.7 Å². The monoisotopic (exact) mass is 778 g/mol. The number of hydrogen-bond acceptors (Lipinski definition) is 3. The molecule has 0 amide bonds. The van der Waals surface area contributed by atoms with Gasteiger partial charge in [-0.25, -0.2) is 0 Å². The molecule has 0 spiro atoms. The zero-order chi connectivity index (χ0) is 41.9. The van der Waals surface area contributed by atoms with Crippen LogP contribution in [0, 0.1) is 26.2 Å². The van der Waals surface area contributed by atoms with Gasteiger partial charge in [0.2, 0.25) is 0 Å². The van der Waals surface area contributed by atoms with Gasteiger partial charge in [0.05, 0.1) is 12.6 Å². The summed E-state index contributed by atoms with van der Waals surface area (Å²) in [5.74, 6) is 2.59. The van der Waals surface area contributed by atoms with E-state index in [0.717, 1.165) is 71.6 Å². The fourth-order valence-electron chi connectivity index (χ4n) is 7.02. The largest absolute Gasteiger partial charge is 0.394 e. The first-order chi connectivity index (χ1) is 27.6. The lowest BCUT2D eigenvalue weighted by molar-refractivity contribution is 0.260. The van der Waals surface area contributed by atoms with Crippen molar-refractivity contribution in [2.45, 2.75) is 86.4 Å². The van der Waals surface area contributed by atoms with E-state index in [1.165, 1.54) is 55.6 Å². The van der Waals surface area contributed by atoms with Gasteiger partial charge in [-0.15, -0.1) is 6.42 Å². The minimum atomic E-state index is -0.251. The second-order valence-corrected chi connectivity index (χ2v) is 14.3. The van der Waals surface area contributed by atoms with E-state index in [2.05, 4.69) is 124 Å². The highest BCUT2D eigenvalue weighted by atomic mass is 35.5. The number of rotatable bonds is 15. The van der Waals surface area contributed by atoms with E-state index in [4.69, 9.17) is 18.0 Å². The highest BCUT2D eigenvalue weighted by Crippen LogP contribution is 2.36. The Labute approximate surface area is 349 Å². The smallest absolute Gasteiger partial charge is 0.0626 e. The number of terminal acetylenes is 1. The Morgan fingerprint density at radius 3 is 2.23 bits per heavy atom. The molecule has 1 aliphatic heterocycles. The molecule has 0 aliphatic carbocycles. The molecule has 5 rings (SSSR count). The van der Waals surface area contributed by atoms with Crippen molar-refractivity contribution in [3.63, 3.8) is 0 Å². The Bertz CT molecular complexity index is 2130. The number of hydrogen-bond donors (Lipinski definition) is 3. The number of nitrogens with one attached hydrogen (secondary N) is 2. The third kappa shape index (κ3) is 12.5. The minimum Gasteiger partial charge on any atom is -0.394 e. The molecule has 0 aromatic heterocycles. The summed E-state index contributed by atoms with van der Waals surface area (Å²) < 4.78 is 0. The van der Waals surface area contributed by atoms with Gasteiger partial charge >= 0.3 is 0 Å². The fraction of sp³-hybridized carbons (Fsp3) is 0.283. The zero-order valence-corrected chi connectivity index (χ0v) is 36.0. The van der Waals surface area contributed by atoms with Gasteiger partial charge in [-0.1, -0.05) is 137 Å². The van der Waals surface area contributed by atoms with E-state index in [1.54, 1.807) is 6.08 Å². The van der Waals surface area contributed by atoms with Crippen molar-refractivity contribution in [3.8, 4) is 34.6 Å². The van der Waals surface area contributed by atoms with Gasteiger partial charge in [0.1, 0.15) is 0 Å². The van der Waals surface area contributed by atoms with Crippen LogP contribution < -0.4 is 10.6 Å². The summed E-state index contributed by atoms with van der Waals surface area (Å²) in [6.45, 7) is 30.4. The molecule has 0 saturated carbocycles. The molecule has 57 heavy (non-hydrogen) atoms. The molecule has 0 fully saturated rings. The van der Waals surface area contributed by atoms with Crippen LogP contribution in [0.5, 0.6) is 0 Å². The topological polar surface area (TPSA) is 44.3 Å². The molecule has 3 nitrogen and oxygen atoms in total. The van der Waals surface area contributed by atoms with E-state index in [9.17, 15) is 5.11 Å². The summed E-state index contributed by atoms with van der Waals surface area (Å²) in [6.07, 6.45) is 18.3. The lowest BCUT2D eigenvalue weighted by atomic mass is 9.87. The first-order valence-corrected chi connectivity index (χ1v) is 20.6. The van der Waals surface area contributed by atoms with Gasteiger partial charge in [-0.3, -0.25) is 0 Å². The molecular weight excluding hydrogens is 716 g/mol. The number of fused-ring (bicyclic) bond motifs is 1. The Kier molecular flexibility index (Phi) is 19.5. The highest BCUT2D eigenvalue weighted by molar-refractivity contribution is 6.31. The summed E-state index contributed by atoms with van der Waals surface area (Å²) in [4.78, 5) is 0. The Morgan fingerprint density at radius 1 is 0.912 bits per heavy atom. The van der Waals surface area contributed by atoms with Gasteiger partial charge in [-0.05, 0) is 155 Å². The Morgan fingerprint density at radius 2 is 1.60 bits per heavy atom. The molecule has 1 aliphatic rings. The van der Waals surface area contributed by atoms with Crippen LogP contribution in [-0.2, 0) is 32.4 Å². The molecular formula is C53H63ClN2O. The number of aliphatic hydroxyl groups is 1. The van der Waals surface area contributed by atoms with E-state index in [1.807, 2.05) is 51.1 Å². The van der Waals surface area contributed by atoms with Crippen molar-refractivity contribution in [1.29, 1.82) is 0 Å². The molecule has 4 aromatic rings. The first-order valence-electron chi connectivity index (χ1n) is 20.2. The predicted molar refractivity (Wildman–Crippen MR) is 251 cm³/mol. The molecule has 0 radical (unpaired) electrons. The zero-order valence-electron chi connectivity index (χ0n) is 35.2. The van der Waals surface area contributed by atoms with E-state index in [-0.39, 0.29) is 12.6 Å². The van der Waals surface area contributed by atoms with Crippen LogP contribution in [0.2, 0.25) is 5.02 Å². The second-order valence-electron chi connectivity index (χ2n) is 13.9. The van der Waals surface area contributed by atoms with Crippen LogP contribution in [0.15, 0.2) is 134 Å². The average Bonchev–Trinajstić information content (AvgIpc) is 3.25. The van der Waals surface area contributed by atoms with Crippen LogP contribution in [0.3, 0.4) is 0 Å². The minimum absolute atomic E-state index is 0.0476. The van der Waals surface area contributed by atoms with Crippen molar-refractivity contribution < 1.29 is 5.11 Å². The summed E-state index contributed by atoms with van der Waals surface area (Å²) in [5.41, 5.74) is 18.0. The standard InChI is InChI=1S/C40H43ClN2O.C11H14.C2H6/c1-6-26(3)40(25-44)43-24-35-22-39(41)33(20-29(35)7-2)17-14-30-10-8-12-37(27(30)4)38-13-9-11-36(28(38)5)32-16-15-31-18-19-42-23-34(31)21-32;1-5-10(6-2)9-11(7-3)8-4;1-2/h6-13,15-16,20-22,40,42-44H,1-3,14,17-19,23-25H2,4-5H3;1,6-7,9H,3,8H2,2,4H3;1-2H3/b;10-6-,11-9+;. The SMILES string of the molecule is C#CC(/C=C(\C=C)CC)=C/C.C=CC(=C)C(CO)NCc1cc(Cl)c(CCc2cccc(-c3cccc(-c4ccc5c(c4)CNCC5)c3C)c2C)cc1C=C.CC. The van der Waals surface area contributed by atoms with Crippen molar-refractivity contribution in [1.82, 2.24) is 10.6 Å².